The molecule has 1 unspecified atom stereocenters. The van der Waals surface area contributed by atoms with Crippen LogP contribution in [-0.2, 0) is 6.42 Å². The van der Waals surface area contributed by atoms with E-state index in [2.05, 4.69) is 62.5 Å². The first-order valence-electron chi connectivity index (χ1n) is 6.63. The van der Waals surface area contributed by atoms with Gasteiger partial charge in [0.15, 0.2) is 0 Å². The lowest BCUT2D eigenvalue weighted by molar-refractivity contribution is 0.634. The zero-order valence-corrected chi connectivity index (χ0v) is 12.2. The number of aryl methyl sites for hydroxylation is 2. The molecule has 0 bridgehead atoms. The van der Waals surface area contributed by atoms with E-state index in [9.17, 15) is 0 Å². The van der Waals surface area contributed by atoms with Gasteiger partial charge in [-0.25, -0.2) is 0 Å². The summed E-state index contributed by atoms with van der Waals surface area (Å²) in [5, 5.41) is 3.61. The average molecular weight is 259 g/mol. The molecule has 1 atom stereocenters. The highest BCUT2D eigenvalue weighted by Crippen LogP contribution is 2.30. The van der Waals surface area contributed by atoms with Gasteiger partial charge in [0, 0.05) is 9.75 Å². The SMILES string of the molecule is CCNC(c1ccc(C)s1)c1ccccc1CC. The van der Waals surface area contributed by atoms with Crippen LogP contribution in [0.15, 0.2) is 36.4 Å². The Bertz CT molecular complexity index is 501. The van der Waals surface area contributed by atoms with Crippen LogP contribution in [-0.4, -0.2) is 6.54 Å². The monoisotopic (exact) mass is 259 g/mol. The van der Waals surface area contributed by atoms with Gasteiger partial charge in [0.05, 0.1) is 6.04 Å². The average Bonchev–Trinajstić information content (AvgIpc) is 2.82. The third-order valence-electron chi connectivity index (χ3n) is 3.20. The Labute approximate surface area is 114 Å². The number of hydrogen-bond donors (Lipinski definition) is 1. The normalized spacial score (nSPS) is 12.6. The third-order valence-corrected chi connectivity index (χ3v) is 4.27. The first-order chi connectivity index (χ1) is 8.76. The molecule has 2 heteroatoms. The lowest BCUT2D eigenvalue weighted by Gasteiger charge is -2.20. The predicted octanol–water partition coefficient (Wildman–Crippen LogP) is 4.32. The molecule has 0 aliphatic heterocycles. The highest BCUT2D eigenvalue weighted by molar-refractivity contribution is 7.12. The number of nitrogens with one attached hydrogen (secondary N) is 1. The van der Waals surface area contributed by atoms with Crippen molar-refractivity contribution >= 4 is 11.3 Å². The molecule has 0 saturated heterocycles. The molecule has 1 heterocycles. The Morgan fingerprint density at radius 1 is 1.11 bits per heavy atom. The summed E-state index contributed by atoms with van der Waals surface area (Å²) >= 11 is 1.89. The van der Waals surface area contributed by atoms with Crippen molar-refractivity contribution < 1.29 is 0 Å². The summed E-state index contributed by atoms with van der Waals surface area (Å²) in [6, 6.07) is 13.6. The minimum atomic E-state index is 0.338. The van der Waals surface area contributed by atoms with Gasteiger partial charge >= 0.3 is 0 Å². The first-order valence-corrected chi connectivity index (χ1v) is 7.45. The van der Waals surface area contributed by atoms with Gasteiger partial charge in [0.25, 0.3) is 0 Å². The molecule has 0 spiro atoms. The third kappa shape index (κ3) is 2.82. The maximum atomic E-state index is 3.61. The fourth-order valence-corrected chi connectivity index (χ4v) is 3.29. The largest absolute Gasteiger partial charge is 0.306 e. The summed E-state index contributed by atoms with van der Waals surface area (Å²) < 4.78 is 0. The number of hydrogen-bond acceptors (Lipinski definition) is 2. The van der Waals surface area contributed by atoms with Crippen LogP contribution in [0.5, 0.6) is 0 Å². The van der Waals surface area contributed by atoms with E-state index in [0.29, 0.717) is 6.04 Å². The van der Waals surface area contributed by atoms with E-state index in [4.69, 9.17) is 0 Å². The standard InChI is InChI=1S/C16H21NS/c1-4-13-8-6-7-9-14(13)16(17-5-2)15-11-10-12(3)18-15/h6-11,16-17H,4-5H2,1-3H3. The molecule has 1 aromatic heterocycles. The Morgan fingerprint density at radius 3 is 2.50 bits per heavy atom. The van der Waals surface area contributed by atoms with Crippen molar-refractivity contribution in [2.75, 3.05) is 6.54 Å². The van der Waals surface area contributed by atoms with Gasteiger partial charge in [0.2, 0.25) is 0 Å². The van der Waals surface area contributed by atoms with E-state index < -0.39 is 0 Å². The summed E-state index contributed by atoms with van der Waals surface area (Å²) in [6.07, 6.45) is 1.09. The quantitative estimate of drug-likeness (QED) is 0.843. The Kier molecular flexibility index (Phi) is 4.56. The van der Waals surface area contributed by atoms with Crippen LogP contribution < -0.4 is 5.32 Å². The number of thiophene rings is 1. The summed E-state index contributed by atoms with van der Waals surface area (Å²) in [5.41, 5.74) is 2.86. The smallest absolute Gasteiger partial charge is 0.0673 e. The van der Waals surface area contributed by atoms with E-state index in [1.165, 1.54) is 20.9 Å². The minimum absolute atomic E-state index is 0.338. The topological polar surface area (TPSA) is 12.0 Å². The summed E-state index contributed by atoms with van der Waals surface area (Å²) in [4.78, 5) is 2.79. The van der Waals surface area contributed by atoms with Crippen LogP contribution in [0.1, 0.15) is 40.8 Å². The lowest BCUT2D eigenvalue weighted by atomic mass is 9.97. The minimum Gasteiger partial charge on any atom is -0.306 e. The van der Waals surface area contributed by atoms with Crippen molar-refractivity contribution in [2.45, 2.75) is 33.2 Å². The van der Waals surface area contributed by atoms with Gasteiger partial charge < -0.3 is 5.32 Å². The number of rotatable bonds is 5. The molecule has 1 nitrogen and oxygen atoms in total. The maximum absolute atomic E-state index is 3.61. The Balaban J connectivity index is 2.41. The first kappa shape index (κ1) is 13.3. The van der Waals surface area contributed by atoms with Crippen molar-refractivity contribution in [1.29, 1.82) is 0 Å². The van der Waals surface area contributed by atoms with Gasteiger partial charge in [-0.3, -0.25) is 0 Å². The molecule has 0 aliphatic carbocycles. The molecule has 1 aromatic carbocycles. The highest BCUT2D eigenvalue weighted by Gasteiger charge is 2.16. The van der Waals surface area contributed by atoms with Crippen molar-refractivity contribution in [1.82, 2.24) is 5.32 Å². The fourth-order valence-electron chi connectivity index (χ4n) is 2.31. The predicted molar refractivity (Wildman–Crippen MR) is 80.4 cm³/mol. The molecule has 0 saturated carbocycles. The van der Waals surface area contributed by atoms with Gasteiger partial charge in [-0.05, 0) is 43.1 Å². The molecule has 18 heavy (non-hydrogen) atoms. The molecular formula is C16H21NS. The van der Waals surface area contributed by atoms with E-state index in [0.717, 1.165) is 13.0 Å². The van der Waals surface area contributed by atoms with Crippen LogP contribution in [0.2, 0.25) is 0 Å². The second-order valence-corrected chi connectivity index (χ2v) is 5.81. The number of benzene rings is 1. The van der Waals surface area contributed by atoms with E-state index >= 15 is 0 Å². The molecule has 0 amide bonds. The zero-order valence-electron chi connectivity index (χ0n) is 11.4. The lowest BCUT2D eigenvalue weighted by Crippen LogP contribution is -2.22. The van der Waals surface area contributed by atoms with Crippen LogP contribution in [0.25, 0.3) is 0 Å². The van der Waals surface area contributed by atoms with Crippen molar-refractivity contribution in [3.05, 3.63) is 57.3 Å². The van der Waals surface area contributed by atoms with Gasteiger partial charge in [-0.1, -0.05) is 38.1 Å². The molecule has 0 radical (unpaired) electrons. The summed E-state index contributed by atoms with van der Waals surface area (Å²) in [6.45, 7) is 7.55. The zero-order chi connectivity index (χ0) is 13.0. The molecule has 0 fully saturated rings. The second kappa shape index (κ2) is 6.17. The van der Waals surface area contributed by atoms with Gasteiger partial charge in [-0.2, -0.15) is 0 Å². The summed E-state index contributed by atoms with van der Waals surface area (Å²) in [7, 11) is 0. The van der Waals surface area contributed by atoms with Gasteiger partial charge in [0.1, 0.15) is 0 Å². The molecule has 0 aliphatic rings. The van der Waals surface area contributed by atoms with Crippen molar-refractivity contribution in [2.24, 2.45) is 0 Å². The van der Waals surface area contributed by atoms with Crippen LogP contribution in [0.4, 0.5) is 0 Å². The Morgan fingerprint density at radius 2 is 1.89 bits per heavy atom. The summed E-state index contributed by atoms with van der Waals surface area (Å²) in [5.74, 6) is 0. The van der Waals surface area contributed by atoms with Crippen LogP contribution in [0, 0.1) is 6.92 Å². The molecule has 2 aromatic rings. The van der Waals surface area contributed by atoms with E-state index in [1.807, 2.05) is 11.3 Å². The highest BCUT2D eigenvalue weighted by atomic mass is 32.1. The van der Waals surface area contributed by atoms with Crippen molar-refractivity contribution in [3.63, 3.8) is 0 Å². The Hall–Kier alpha value is -1.12. The van der Waals surface area contributed by atoms with Crippen LogP contribution in [0.3, 0.4) is 0 Å². The molecule has 96 valence electrons. The van der Waals surface area contributed by atoms with Crippen LogP contribution >= 0.6 is 11.3 Å². The van der Waals surface area contributed by atoms with Crippen molar-refractivity contribution in [3.8, 4) is 0 Å². The van der Waals surface area contributed by atoms with Gasteiger partial charge in [-0.15, -0.1) is 11.3 Å². The maximum Gasteiger partial charge on any atom is 0.0673 e. The fraction of sp³-hybridized carbons (Fsp3) is 0.375. The molecule has 2 rings (SSSR count). The van der Waals surface area contributed by atoms with E-state index in [-0.39, 0.29) is 0 Å². The molecule has 1 N–H and O–H groups in total. The van der Waals surface area contributed by atoms with E-state index in [1.54, 1.807) is 0 Å². The second-order valence-electron chi connectivity index (χ2n) is 4.49. The molecular weight excluding hydrogens is 238 g/mol.